The van der Waals surface area contributed by atoms with Crippen molar-refractivity contribution in [2.75, 3.05) is 13.1 Å². The highest BCUT2D eigenvalue weighted by Crippen LogP contribution is 2.34. The number of para-hydroxylation sites is 1. The van der Waals surface area contributed by atoms with E-state index in [-0.39, 0.29) is 11.9 Å². The Labute approximate surface area is 183 Å². The molecule has 30 heavy (non-hydrogen) atoms. The second kappa shape index (κ2) is 8.52. The maximum Gasteiger partial charge on any atom is 0.225 e. The van der Waals surface area contributed by atoms with Crippen LogP contribution in [-0.2, 0) is 18.4 Å². The average molecular weight is 425 g/mol. The van der Waals surface area contributed by atoms with Crippen molar-refractivity contribution in [1.82, 2.24) is 19.8 Å². The molecule has 3 heterocycles. The number of thiazole rings is 1. The van der Waals surface area contributed by atoms with Gasteiger partial charge in [0.1, 0.15) is 5.01 Å². The van der Waals surface area contributed by atoms with Gasteiger partial charge in [0.15, 0.2) is 0 Å². The van der Waals surface area contributed by atoms with E-state index < -0.39 is 5.41 Å². The van der Waals surface area contributed by atoms with Crippen LogP contribution < -0.4 is 5.32 Å². The summed E-state index contributed by atoms with van der Waals surface area (Å²) >= 11 is 1.64. The number of hydrogen-bond donors (Lipinski definition) is 1. The highest BCUT2D eigenvalue weighted by molar-refractivity contribution is 7.09. The summed E-state index contributed by atoms with van der Waals surface area (Å²) in [5, 5.41) is 7.68. The van der Waals surface area contributed by atoms with Gasteiger partial charge in [0, 0.05) is 47.7 Å². The van der Waals surface area contributed by atoms with Crippen LogP contribution in [0.3, 0.4) is 0 Å². The SMILES string of the molecule is Cn1cc(CN2CCC([C@H](NC(=O)C(C)(C)C)c3nccs3)CC2)c2ccccc21. The van der Waals surface area contributed by atoms with E-state index in [0.29, 0.717) is 5.92 Å². The number of carbonyl (C=O) groups excluding carboxylic acids is 1. The first-order chi connectivity index (χ1) is 14.3. The number of aryl methyl sites for hydroxylation is 1. The number of fused-ring (bicyclic) bond motifs is 1. The number of likely N-dealkylation sites (tertiary alicyclic amines) is 1. The molecule has 2 aromatic heterocycles. The minimum absolute atomic E-state index is 0.0106. The topological polar surface area (TPSA) is 50.2 Å². The minimum Gasteiger partial charge on any atom is -0.350 e. The zero-order valence-electron chi connectivity index (χ0n) is 18.4. The molecular formula is C24H32N4OS. The molecule has 0 bridgehead atoms. The van der Waals surface area contributed by atoms with Gasteiger partial charge in [-0.05, 0) is 43.5 Å². The minimum atomic E-state index is -0.398. The van der Waals surface area contributed by atoms with Crippen LogP contribution in [0.4, 0.5) is 0 Å². The maximum atomic E-state index is 12.7. The first-order valence-electron chi connectivity index (χ1n) is 10.8. The summed E-state index contributed by atoms with van der Waals surface area (Å²) in [6.45, 7) is 8.96. The first-order valence-corrected chi connectivity index (χ1v) is 11.7. The Morgan fingerprint density at radius 3 is 2.67 bits per heavy atom. The van der Waals surface area contributed by atoms with Gasteiger partial charge < -0.3 is 9.88 Å². The number of carbonyl (C=O) groups is 1. The quantitative estimate of drug-likeness (QED) is 0.643. The standard InChI is InChI=1S/C24H32N4OS/c1-24(2,3)23(29)26-21(22-25-11-14-30-22)17-9-12-28(13-10-17)16-18-15-27(4)20-8-6-5-7-19(18)20/h5-8,11,14-15,17,21H,9-10,12-13,16H2,1-4H3,(H,26,29)/t21-/m0/s1. The fourth-order valence-corrected chi connectivity index (χ4v) is 5.14. The Morgan fingerprint density at radius 1 is 1.27 bits per heavy atom. The van der Waals surface area contributed by atoms with Gasteiger partial charge in [-0.1, -0.05) is 39.0 Å². The van der Waals surface area contributed by atoms with Crippen molar-refractivity contribution in [2.45, 2.75) is 46.2 Å². The van der Waals surface area contributed by atoms with Crippen molar-refractivity contribution in [3.8, 4) is 0 Å². The molecule has 1 fully saturated rings. The highest BCUT2D eigenvalue weighted by Gasteiger charge is 2.33. The van der Waals surface area contributed by atoms with Crippen LogP contribution in [0.2, 0.25) is 0 Å². The van der Waals surface area contributed by atoms with Gasteiger partial charge in [0.25, 0.3) is 0 Å². The molecule has 1 amide bonds. The molecule has 1 aromatic carbocycles. The molecule has 0 aliphatic carbocycles. The molecule has 0 saturated carbocycles. The van der Waals surface area contributed by atoms with Gasteiger partial charge in [0.05, 0.1) is 6.04 Å². The Bertz CT molecular complexity index is 994. The number of hydrogen-bond acceptors (Lipinski definition) is 4. The molecule has 1 saturated heterocycles. The molecule has 160 valence electrons. The number of piperidine rings is 1. The summed E-state index contributed by atoms with van der Waals surface area (Å²) in [5.41, 5.74) is 2.28. The number of amides is 1. The third kappa shape index (κ3) is 4.44. The van der Waals surface area contributed by atoms with E-state index in [1.165, 1.54) is 16.5 Å². The zero-order valence-corrected chi connectivity index (χ0v) is 19.2. The van der Waals surface area contributed by atoms with Crippen molar-refractivity contribution in [2.24, 2.45) is 18.4 Å². The lowest BCUT2D eigenvalue weighted by Crippen LogP contribution is -2.43. The lowest BCUT2D eigenvalue weighted by Gasteiger charge is -2.36. The second-order valence-corrected chi connectivity index (χ2v) is 10.4. The lowest BCUT2D eigenvalue weighted by atomic mass is 9.87. The number of aromatic nitrogens is 2. The van der Waals surface area contributed by atoms with Crippen molar-refractivity contribution >= 4 is 28.1 Å². The zero-order chi connectivity index (χ0) is 21.3. The van der Waals surface area contributed by atoms with Crippen LogP contribution in [-0.4, -0.2) is 33.4 Å². The van der Waals surface area contributed by atoms with Gasteiger partial charge >= 0.3 is 0 Å². The van der Waals surface area contributed by atoms with E-state index >= 15 is 0 Å². The summed E-state index contributed by atoms with van der Waals surface area (Å²) in [5.74, 6) is 0.520. The predicted octanol–water partition coefficient (Wildman–Crippen LogP) is 4.75. The van der Waals surface area contributed by atoms with Gasteiger partial charge in [-0.15, -0.1) is 11.3 Å². The smallest absolute Gasteiger partial charge is 0.225 e. The normalized spacial score (nSPS) is 17.3. The largest absolute Gasteiger partial charge is 0.350 e. The van der Waals surface area contributed by atoms with Crippen LogP contribution in [0, 0.1) is 11.3 Å². The van der Waals surface area contributed by atoms with Crippen LogP contribution in [0.25, 0.3) is 10.9 Å². The molecule has 4 rings (SSSR count). The van der Waals surface area contributed by atoms with E-state index in [9.17, 15) is 4.79 Å². The number of nitrogens with zero attached hydrogens (tertiary/aromatic N) is 3. The maximum absolute atomic E-state index is 12.7. The average Bonchev–Trinajstić information content (AvgIpc) is 3.35. The molecule has 0 spiro atoms. The van der Waals surface area contributed by atoms with Crippen molar-refractivity contribution < 1.29 is 4.79 Å². The summed E-state index contributed by atoms with van der Waals surface area (Å²) in [7, 11) is 2.12. The molecule has 1 aliphatic rings. The fraction of sp³-hybridized carbons (Fsp3) is 0.500. The number of rotatable bonds is 5. The monoisotopic (exact) mass is 424 g/mol. The molecule has 6 heteroatoms. The molecule has 1 aliphatic heterocycles. The van der Waals surface area contributed by atoms with E-state index in [0.717, 1.165) is 37.5 Å². The van der Waals surface area contributed by atoms with Gasteiger partial charge in [0.2, 0.25) is 5.91 Å². The summed E-state index contributed by atoms with van der Waals surface area (Å²) < 4.78 is 2.22. The van der Waals surface area contributed by atoms with E-state index in [2.05, 4.69) is 57.3 Å². The summed E-state index contributed by atoms with van der Waals surface area (Å²) in [6.07, 6.45) is 6.24. The third-order valence-electron chi connectivity index (χ3n) is 6.16. The Hall–Kier alpha value is -2.18. The van der Waals surface area contributed by atoms with E-state index in [1.54, 1.807) is 11.3 Å². The van der Waals surface area contributed by atoms with Gasteiger partial charge in [-0.25, -0.2) is 4.98 Å². The van der Waals surface area contributed by atoms with E-state index in [4.69, 9.17) is 0 Å². The summed E-state index contributed by atoms with van der Waals surface area (Å²) in [4.78, 5) is 19.8. The van der Waals surface area contributed by atoms with Crippen LogP contribution in [0.15, 0.2) is 42.0 Å². The van der Waals surface area contributed by atoms with Crippen LogP contribution in [0.1, 0.15) is 50.2 Å². The fourth-order valence-electron chi connectivity index (χ4n) is 4.36. The molecule has 3 aromatic rings. The highest BCUT2D eigenvalue weighted by atomic mass is 32.1. The second-order valence-electron chi connectivity index (χ2n) is 9.47. The van der Waals surface area contributed by atoms with E-state index in [1.807, 2.05) is 32.3 Å². The van der Waals surface area contributed by atoms with Gasteiger partial charge in [-0.3, -0.25) is 9.69 Å². The molecule has 1 N–H and O–H groups in total. The van der Waals surface area contributed by atoms with Crippen molar-refractivity contribution in [1.29, 1.82) is 0 Å². The molecule has 5 nitrogen and oxygen atoms in total. The lowest BCUT2D eigenvalue weighted by molar-refractivity contribution is -0.129. The Morgan fingerprint density at radius 2 is 2.00 bits per heavy atom. The van der Waals surface area contributed by atoms with Crippen LogP contribution >= 0.6 is 11.3 Å². The molecule has 1 atom stereocenters. The number of benzene rings is 1. The van der Waals surface area contributed by atoms with Crippen LogP contribution in [0.5, 0.6) is 0 Å². The molecular weight excluding hydrogens is 392 g/mol. The predicted molar refractivity (Wildman–Crippen MR) is 123 cm³/mol. The van der Waals surface area contributed by atoms with Crippen molar-refractivity contribution in [3.63, 3.8) is 0 Å². The number of nitrogens with one attached hydrogen (secondary N) is 1. The third-order valence-corrected chi connectivity index (χ3v) is 7.02. The molecule has 0 radical (unpaired) electrons. The Balaban J connectivity index is 1.43. The molecule has 0 unspecified atom stereocenters. The summed E-state index contributed by atoms with van der Waals surface area (Å²) in [6, 6.07) is 8.63. The van der Waals surface area contributed by atoms with Crippen molar-refractivity contribution in [3.05, 3.63) is 52.6 Å². The van der Waals surface area contributed by atoms with Gasteiger partial charge in [-0.2, -0.15) is 0 Å². The first kappa shape index (κ1) is 21.1. The Kier molecular flexibility index (Phi) is 5.98.